The summed E-state index contributed by atoms with van der Waals surface area (Å²) in [5.41, 5.74) is 2.66. The van der Waals surface area contributed by atoms with Crippen LogP contribution < -0.4 is 16.3 Å². The molecule has 5 heteroatoms. The van der Waals surface area contributed by atoms with Gasteiger partial charge in [-0.3, -0.25) is 4.79 Å². The lowest BCUT2D eigenvalue weighted by Crippen LogP contribution is -2.32. The molecule has 1 fully saturated rings. The fourth-order valence-corrected chi connectivity index (χ4v) is 3.50. The summed E-state index contributed by atoms with van der Waals surface area (Å²) in [7, 11) is 0. The number of nitrogens with one attached hydrogen (secondary N) is 2. The summed E-state index contributed by atoms with van der Waals surface area (Å²) >= 11 is 0. The third-order valence-corrected chi connectivity index (χ3v) is 5.08. The molecule has 3 rings (SSSR count). The molecular formula is C21H26N2O3. The van der Waals surface area contributed by atoms with Gasteiger partial charge in [-0.1, -0.05) is 24.3 Å². The van der Waals surface area contributed by atoms with Gasteiger partial charge in [0.05, 0.1) is 0 Å². The number of hydrogen-bond acceptors (Lipinski definition) is 4. The Morgan fingerprint density at radius 3 is 2.62 bits per heavy atom. The van der Waals surface area contributed by atoms with Crippen LogP contribution >= 0.6 is 0 Å². The van der Waals surface area contributed by atoms with Crippen LogP contribution in [0.2, 0.25) is 0 Å². The van der Waals surface area contributed by atoms with Gasteiger partial charge in [0.25, 0.3) is 5.91 Å². The first-order valence-corrected chi connectivity index (χ1v) is 9.24. The second-order valence-corrected chi connectivity index (χ2v) is 6.95. The highest BCUT2D eigenvalue weighted by Gasteiger charge is 2.22. The SMILES string of the molecule is Cc1ccccc1CCNC(=O)c1c(C)cc(C2CCNCC2)oc1=O. The Morgan fingerprint density at radius 2 is 1.92 bits per heavy atom. The minimum absolute atomic E-state index is 0.118. The summed E-state index contributed by atoms with van der Waals surface area (Å²) in [5, 5.41) is 6.15. The number of piperidine rings is 1. The van der Waals surface area contributed by atoms with E-state index in [2.05, 4.69) is 29.7 Å². The van der Waals surface area contributed by atoms with E-state index in [-0.39, 0.29) is 17.4 Å². The molecule has 1 amide bonds. The molecule has 1 aliphatic rings. The lowest BCUT2D eigenvalue weighted by Gasteiger charge is -2.21. The highest BCUT2D eigenvalue weighted by Crippen LogP contribution is 2.25. The quantitative estimate of drug-likeness (QED) is 0.866. The van der Waals surface area contributed by atoms with Crippen LogP contribution in [-0.4, -0.2) is 25.5 Å². The summed E-state index contributed by atoms with van der Waals surface area (Å²) in [6, 6.07) is 9.94. The number of benzene rings is 1. The zero-order valence-electron chi connectivity index (χ0n) is 15.4. The zero-order valence-corrected chi connectivity index (χ0v) is 15.4. The van der Waals surface area contributed by atoms with E-state index in [9.17, 15) is 9.59 Å². The minimum Gasteiger partial charge on any atom is -0.427 e. The lowest BCUT2D eigenvalue weighted by atomic mass is 9.94. The van der Waals surface area contributed by atoms with Crippen molar-refractivity contribution in [3.63, 3.8) is 0 Å². The van der Waals surface area contributed by atoms with Crippen molar-refractivity contribution >= 4 is 5.91 Å². The Kier molecular flexibility index (Phi) is 5.89. The highest BCUT2D eigenvalue weighted by molar-refractivity contribution is 5.95. The van der Waals surface area contributed by atoms with Crippen LogP contribution in [0.3, 0.4) is 0 Å². The Morgan fingerprint density at radius 1 is 1.19 bits per heavy atom. The molecule has 2 aromatic rings. The molecule has 0 atom stereocenters. The fourth-order valence-electron chi connectivity index (χ4n) is 3.50. The van der Waals surface area contributed by atoms with Gasteiger partial charge < -0.3 is 15.1 Å². The van der Waals surface area contributed by atoms with Gasteiger partial charge >= 0.3 is 5.63 Å². The van der Waals surface area contributed by atoms with Crippen LogP contribution in [0.1, 0.15) is 51.6 Å². The van der Waals surface area contributed by atoms with Crippen molar-refractivity contribution in [1.29, 1.82) is 0 Å². The van der Waals surface area contributed by atoms with E-state index in [4.69, 9.17) is 4.42 Å². The predicted molar refractivity (Wildman–Crippen MR) is 102 cm³/mol. The Balaban J connectivity index is 1.67. The van der Waals surface area contributed by atoms with Gasteiger partial charge in [-0.2, -0.15) is 0 Å². The molecule has 0 saturated carbocycles. The average molecular weight is 354 g/mol. The largest absolute Gasteiger partial charge is 0.427 e. The molecule has 2 N–H and O–H groups in total. The molecular weight excluding hydrogens is 328 g/mol. The molecule has 1 aromatic heterocycles. The van der Waals surface area contributed by atoms with E-state index >= 15 is 0 Å². The minimum atomic E-state index is -0.535. The predicted octanol–water partition coefficient (Wildman–Crippen LogP) is 2.70. The van der Waals surface area contributed by atoms with Gasteiger partial charge in [0.1, 0.15) is 11.3 Å². The van der Waals surface area contributed by atoms with Gasteiger partial charge in [0.2, 0.25) is 0 Å². The third kappa shape index (κ3) is 4.22. The van der Waals surface area contributed by atoms with Crippen molar-refractivity contribution in [3.05, 3.63) is 68.8 Å². The number of amides is 1. The highest BCUT2D eigenvalue weighted by atomic mass is 16.4. The fraction of sp³-hybridized carbons (Fsp3) is 0.429. The Hall–Kier alpha value is -2.40. The molecule has 1 aromatic carbocycles. The number of hydrogen-bond donors (Lipinski definition) is 2. The molecule has 1 aliphatic heterocycles. The first-order chi connectivity index (χ1) is 12.6. The molecule has 0 radical (unpaired) electrons. The van der Waals surface area contributed by atoms with E-state index in [1.807, 2.05) is 18.2 Å². The topological polar surface area (TPSA) is 71.3 Å². The van der Waals surface area contributed by atoms with Crippen molar-refractivity contribution in [2.24, 2.45) is 0 Å². The van der Waals surface area contributed by atoms with Crippen molar-refractivity contribution in [3.8, 4) is 0 Å². The van der Waals surface area contributed by atoms with Gasteiger partial charge in [-0.05, 0) is 69.0 Å². The second kappa shape index (κ2) is 8.32. The smallest absolute Gasteiger partial charge is 0.349 e. The summed E-state index contributed by atoms with van der Waals surface area (Å²) in [6.45, 7) is 6.19. The summed E-state index contributed by atoms with van der Waals surface area (Å²) in [4.78, 5) is 24.9. The molecule has 26 heavy (non-hydrogen) atoms. The van der Waals surface area contributed by atoms with Crippen molar-refractivity contribution in [1.82, 2.24) is 10.6 Å². The molecule has 138 valence electrons. The van der Waals surface area contributed by atoms with Crippen LogP contribution in [0.4, 0.5) is 0 Å². The van der Waals surface area contributed by atoms with Crippen LogP contribution in [0.5, 0.6) is 0 Å². The maximum atomic E-state index is 12.5. The molecule has 0 bridgehead atoms. The first-order valence-electron chi connectivity index (χ1n) is 9.24. The van der Waals surface area contributed by atoms with Gasteiger partial charge in [0, 0.05) is 12.5 Å². The normalized spacial score (nSPS) is 15.0. The standard InChI is InChI=1S/C21H26N2O3/c1-14-5-3-4-6-16(14)9-12-23-20(24)19-15(2)13-18(26-21(19)25)17-7-10-22-11-8-17/h3-6,13,17,22H,7-12H2,1-2H3,(H,23,24). The van der Waals surface area contributed by atoms with E-state index in [0.29, 0.717) is 17.9 Å². The van der Waals surface area contributed by atoms with E-state index in [1.165, 1.54) is 11.1 Å². The van der Waals surface area contributed by atoms with Crippen LogP contribution in [0.25, 0.3) is 0 Å². The maximum absolute atomic E-state index is 12.5. The first kappa shape index (κ1) is 18.4. The van der Waals surface area contributed by atoms with Gasteiger partial charge in [-0.25, -0.2) is 4.79 Å². The third-order valence-electron chi connectivity index (χ3n) is 5.08. The molecule has 2 heterocycles. The zero-order chi connectivity index (χ0) is 18.5. The molecule has 0 aliphatic carbocycles. The summed E-state index contributed by atoms with van der Waals surface area (Å²) < 4.78 is 5.49. The van der Waals surface area contributed by atoms with Crippen molar-refractivity contribution in [2.45, 2.75) is 39.0 Å². The molecule has 1 saturated heterocycles. The van der Waals surface area contributed by atoms with Gasteiger partial charge in [-0.15, -0.1) is 0 Å². The second-order valence-electron chi connectivity index (χ2n) is 6.95. The van der Waals surface area contributed by atoms with E-state index in [0.717, 1.165) is 32.4 Å². The summed E-state index contributed by atoms with van der Waals surface area (Å²) in [5.74, 6) is 0.591. The monoisotopic (exact) mass is 354 g/mol. The number of aryl methyl sites for hydroxylation is 2. The lowest BCUT2D eigenvalue weighted by molar-refractivity contribution is 0.0948. The summed E-state index contributed by atoms with van der Waals surface area (Å²) in [6.07, 6.45) is 2.63. The average Bonchev–Trinajstić information content (AvgIpc) is 2.63. The van der Waals surface area contributed by atoms with Crippen molar-refractivity contribution in [2.75, 3.05) is 19.6 Å². The van der Waals surface area contributed by atoms with Crippen molar-refractivity contribution < 1.29 is 9.21 Å². The number of carbonyl (C=O) groups excluding carboxylic acids is 1. The van der Waals surface area contributed by atoms with Crippen LogP contribution in [-0.2, 0) is 6.42 Å². The maximum Gasteiger partial charge on any atom is 0.349 e. The Labute approximate surface area is 153 Å². The molecule has 0 unspecified atom stereocenters. The molecule has 5 nitrogen and oxygen atoms in total. The van der Waals surface area contributed by atoms with Crippen LogP contribution in [0, 0.1) is 13.8 Å². The van der Waals surface area contributed by atoms with E-state index in [1.54, 1.807) is 6.92 Å². The van der Waals surface area contributed by atoms with Crippen LogP contribution in [0.15, 0.2) is 39.5 Å². The van der Waals surface area contributed by atoms with Gasteiger partial charge in [0.15, 0.2) is 0 Å². The number of rotatable bonds is 5. The Bertz CT molecular complexity index is 835. The van der Waals surface area contributed by atoms with E-state index < -0.39 is 5.63 Å². The molecule has 0 spiro atoms. The number of carbonyl (C=O) groups is 1.